The van der Waals surface area contributed by atoms with E-state index in [1.54, 1.807) is 11.8 Å². The van der Waals surface area contributed by atoms with Crippen LogP contribution in [-0.4, -0.2) is 16.5 Å². The summed E-state index contributed by atoms with van der Waals surface area (Å²) in [5.41, 5.74) is 1.11. The zero-order valence-electron chi connectivity index (χ0n) is 12.1. The lowest BCUT2D eigenvalue weighted by molar-refractivity contribution is 1.06. The SMILES string of the molecule is CC.CCNc1ncc(CSc2ccc(Cl)cc2)cn1. The first-order valence-corrected chi connectivity index (χ1v) is 8.07. The fourth-order valence-corrected chi connectivity index (χ4v) is 2.31. The van der Waals surface area contributed by atoms with Crippen molar-refractivity contribution in [1.29, 1.82) is 0 Å². The summed E-state index contributed by atoms with van der Waals surface area (Å²) in [4.78, 5) is 9.67. The molecule has 0 amide bonds. The van der Waals surface area contributed by atoms with Crippen LogP contribution in [-0.2, 0) is 5.75 Å². The molecule has 0 unspecified atom stereocenters. The molecule has 1 aromatic heterocycles. The van der Waals surface area contributed by atoms with Crippen molar-refractivity contribution < 1.29 is 0 Å². The molecule has 1 heterocycles. The molecule has 20 heavy (non-hydrogen) atoms. The van der Waals surface area contributed by atoms with Crippen molar-refractivity contribution >= 4 is 29.3 Å². The third-order valence-electron chi connectivity index (χ3n) is 2.26. The van der Waals surface area contributed by atoms with Crippen molar-refractivity contribution in [2.75, 3.05) is 11.9 Å². The topological polar surface area (TPSA) is 37.8 Å². The van der Waals surface area contributed by atoms with Gasteiger partial charge in [0, 0.05) is 34.6 Å². The molecule has 0 aliphatic carbocycles. The Hall–Kier alpha value is -1.26. The van der Waals surface area contributed by atoms with Gasteiger partial charge in [-0.15, -0.1) is 11.8 Å². The molecule has 108 valence electrons. The summed E-state index contributed by atoms with van der Waals surface area (Å²) >= 11 is 7.58. The van der Waals surface area contributed by atoms with Crippen LogP contribution in [0.3, 0.4) is 0 Å². The number of nitrogens with one attached hydrogen (secondary N) is 1. The van der Waals surface area contributed by atoms with E-state index in [2.05, 4.69) is 15.3 Å². The summed E-state index contributed by atoms with van der Waals surface area (Å²) in [6, 6.07) is 7.82. The molecule has 0 radical (unpaired) electrons. The molecule has 2 rings (SSSR count). The lowest BCUT2D eigenvalue weighted by atomic mass is 10.4. The smallest absolute Gasteiger partial charge is 0.222 e. The molecule has 1 aromatic carbocycles. The molecular formula is C15H20ClN3S. The first-order chi connectivity index (χ1) is 9.78. The minimum atomic E-state index is 0.678. The largest absolute Gasteiger partial charge is 0.355 e. The summed E-state index contributed by atoms with van der Waals surface area (Å²) in [5, 5.41) is 3.83. The molecule has 0 aliphatic rings. The average molecular weight is 310 g/mol. The van der Waals surface area contributed by atoms with Gasteiger partial charge in [0.2, 0.25) is 5.95 Å². The van der Waals surface area contributed by atoms with Crippen LogP contribution in [0.15, 0.2) is 41.6 Å². The maximum atomic E-state index is 5.84. The lowest BCUT2D eigenvalue weighted by Gasteiger charge is -2.03. The van der Waals surface area contributed by atoms with Crippen LogP contribution >= 0.6 is 23.4 Å². The molecule has 0 spiro atoms. The second-order valence-corrected chi connectivity index (χ2v) is 5.17. The number of anilines is 1. The summed E-state index contributed by atoms with van der Waals surface area (Å²) in [6.45, 7) is 6.85. The number of hydrogen-bond acceptors (Lipinski definition) is 4. The Balaban J connectivity index is 0.000000956. The highest BCUT2D eigenvalue weighted by Crippen LogP contribution is 2.23. The summed E-state index contributed by atoms with van der Waals surface area (Å²) in [5.74, 6) is 1.53. The fraction of sp³-hybridized carbons (Fsp3) is 0.333. The van der Waals surface area contributed by atoms with Crippen molar-refractivity contribution in [3.05, 3.63) is 47.2 Å². The number of thioether (sulfide) groups is 1. The van der Waals surface area contributed by atoms with Crippen LogP contribution < -0.4 is 5.32 Å². The van der Waals surface area contributed by atoms with Crippen LogP contribution in [0.25, 0.3) is 0 Å². The number of nitrogens with zero attached hydrogens (tertiary/aromatic N) is 2. The molecule has 3 nitrogen and oxygen atoms in total. The summed E-state index contributed by atoms with van der Waals surface area (Å²) in [7, 11) is 0. The maximum absolute atomic E-state index is 5.84. The van der Waals surface area contributed by atoms with E-state index in [0.29, 0.717) is 5.95 Å². The van der Waals surface area contributed by atoms with Gasteiger partial charge in [0.25, 0.3) is 0 Å². The Morgan fingerprint density at radius 1 is 1.10 bits per heavy atom. The van der Waals surface area contributed by atoms with Gasteiger partial charge in [-0.2, -0.15) is 0 Å². The zero-order valence-corrected chi connectivity index (χ0v) is 13.6. The third kappa shape index (κ3) is 5.80. The van der Waals surface area contributed by atoms with Crippen molar-refractivity contribution in [2.24, 2.45) is 0 Å². The Morgan fingerprint density at radius 3 is 2.25 bits per heavy atom. The Morgan fingerprint density at radius 2 is 1.70 bits per heavy atom. The molecule has 1 N–H and O–H groups in total. The van der Waals surface area contributed by atoms with E-state index in [0.717, 1.165) is 22.9 Å². The Bertz CT molecular complexity index is 485. The van der Waals surface area contributed by atoms with Crippen LogP contribution in [0.5, 0.6) is 0 Å². The molecule has 0 bridgehead atoms. The van der Waals surface area contributed by atoms with E-state index in [1.165, 1.54) is 4.90 Å². The van der Waals surface area contributed by atoms with Crippen molar-refractivity contribution in [2.45, 2.75) is 31.4 Å². The second kappa shape index (κ2) is 9.61. The first-order valence-electron chi connectivity index (χ1n) is 6.71. The van der Waals surface area contributed by atoms with Gasteiger partial charge in [0.15, 0.2) is 0 Å². The van der Waals surface area contributed by atoms with E-state index in [-0.39, 0.29) is 0 Å². The van der Waals surface area contributed by atoms with E-state index >= 15 is 0 Å². The highest BCUT2D eigenvalue weighted by molar-refractivity contribution is 7.98. The van der Waals surface area contributed by atoms with Crippen LogP contribution in [0.4, 0.5) is 5.95 Å². The van der Waals surface area contributed by atoms with Crippen LogP contribution in [0.1, 0.15) is 26.3 Å². The minimum Gasteiger partial charge on any atom is -0.355 e. The number of rotatable bonds is 5. The second-order valence-electron chi connectivity index (χ2n) is 3.69. The highest BCUT2D eigenvalue weighted by atomic mass is 35.5. The third-order valence-corrected chi connectivity index (χ3v) is 3.59. The molecule has 5 heteroatoms. The minimum absolute atomic E-state index is 0.678. The Kier molecular flexibility index (Phi) is 8.07. The van der Waals surface area contributed by atoms with Gasteiger partial charge >= 0.3 is 0 Å². The highest BCUT2D eigenvalue weighted by Gasteiger charge is 1.99. The van der Waals surface area contributed by atoms with E-state index in [4.69, 9.17) is 11.6 Å². The van der Waals surface area contributed by atoms with Crippen molar-refractivity contribution in [3.63, 3.8) is 0 Å². The number of aromatic nitrogens is 2. The number of halogens is 1. The van der Waals surface area contributed by atoms with E-state index < -0.39 is 0 Å². The van der Waals surface area contributed by atoms with Crippen molar-refractivity contribution in [1.82, 2.24) is 9.97 Å². The lowest BCUT2D eigenvalue weighted by Crippen LogP contribution is -2.01. The normalized spacial score (nSPS) is 9.60. The van der Waals surface area contributed by atoms with Gasteiger partial charge < -0.3 is 5.32 Å². The molecule has 2 aromatic rings. The zero-order chi connectivity index (χ0) is 14.8. The van der Waals surface area contributed by atoms with E-state index in [9.17, 15) is 0 Å². The van der Waals surface area contributed by atoms with Gasteiger partial charge in [-0.05, 0) is 36.8 Å². The molecule has 0 atom stereocenters. The molecule has 0 saturated carbocycles. The van der Waals surface area contributed by atoms with Crippen molar-refractivity contribution in [3.8, 4) is 0 Å². The van der Waals surface area contributed by atoms with Gasteiger partial charge in [0.05, 0.1) is 0 Å². The average Bonchev–Trinajstić information content (AvgIpc) is 2.50. The molecule has 0 fully saturated rings. The first kappa shape index (κ1) is 16.8. The summed E-state index contributed by atoms with van der Waals surface area (Å²) in [6.07, 6.45) is 3.71. The van der Waals surface area contributed by atoms with Crippen LogP contribution in [0, 0.1) is 0 Å². The summed E-state index contributed by atoms with van der Waals surface area (Å²) < 4.78 is 0. The number of benzene rings is 1. The molecule has 0 saturated heterocycles. The fourth-order valence-electron chi connectivity index (χ4n) is 1.38. The van der Waals surface area contributed by atoms with Gasteiger partial charge in [-0.3, -0.25) is 0 Å². The van der Waals surface area contributed by atoms with Crippen LogP contribution in [0.2, 0.25) is 5.02 Å². The predicted octanol–water partition coefficient (Wildman–Crippen LogP) is 4.88. The van der Waals surface area contributed by atoms with Gasteiger partial charge in [-0.25, -0.2) is 9.97 Å². The van der Waals surface area contributed by atoms with E-state index in [1.807, 2.05) is 57.4 Å². The monoisotopic (exact) mass is 309 g/mol. The Labute approximate surface area is 130 Å². The van der Waals surface area contributed by atoms with Gasteiger partial charge in [0.1, 0.15) is 0 Å². The molecule has 0 aliphatic heterocycles. The standard InChI is InChI=1S/C13H14ClN3S.C2H6/c1-2-15-13-16-7-10(8-17-13)9-18-12-5-3-11(14)4-6-12;1-2/h3-8H,2,9H2,1H3,(H,15,16,17);1-2H3. The molecular weight excluding hydrogens is 290 g/mol. The quantitative estimate of drug-likeness (QED) is 0.799. The number of hydrogen-bond donors (Lipinski definition) is 1. The van der Waals surface area contributed by atoms with Gasteiger partial charge in [-0.1, -0.05) is 25.4 Å². The predicted molar refractivity (Wildman–Crippen MR) is 88.6 cm³/mol. The maximum Gasteiger partial charge on any atom is 0.222 e.